The number of primary amides is 1. The maximum Gasteiger partial charge on any atom is 0.407 e. The number of carbonyl (C=O) groups excluding carboxylic acids is 5. The lowest BCUT2D eigenvalue weighted by Gasteiger charge is -2.33. The Hall–Kier alpha value is -2.59. The van der Waals surface area contributed by atoms with Gasteiger partial charge in [-0.15, -0.1) is 0 Å². The molecule has 42 heavy (non-hydrogen) atoms. The van der Waals surface area contributed by atoms with Crippen molar-refractivity contribution < 1.29 is 28.7 Å². The van der Waals surface area contributed by atoms with E-state index in [9.17, 15) is 24.0 Å². The first-order chi connectivity index (χ1) is 19.2. The van der Waals surface area contributed by atoms with Gasteiger partial charge >= 0.3 is 6.09 Å². The smallest absolute Gasteiger partial charge is 0.407 e. The molecule has 0 bridgehead atoms. The zero-order valence-electron chi connectivity index (χ0n) is 26.7. The number of likely N-dealkylation sites (tertiary alicyclic amines) is 1. The third-order valence-electron chi connectivity index (χ3n) is 10.7. The Labute approximate surface area is 251 Å². The maximum atomic E-state index is 14.3. The second-order valence-electron chi connectivity index (χ2n) is 15.8. The van der Waals surface area contributed by atoms with Gasteiger partial charge in [-0.25, -0.2) is 4.79 Å². The molecular weight excluding hydrogens is 535 g/mol. The highest BCUT2D eigenvalue weighted by Crippen LogP contribution is 2.88. The highest BCUT2D eigenvalue weighted by molar-refractivity contribution is 6.48. The van der Waals surface area contributed by atoms with Gasteiger partial charge in [-0.2, -0.15) is 0 Å². The van der Waals surface area contributed by atoms with Crippen molar-refractivity contribution in [1.29, 1.82) is 0 Å². The molecule has 233 valence electrons. The van der Waals surface area contributed by atoms with Gasteiger partial charge in [0.25, 0.3) is 5.91 Å². The molecule has 3 aliphatic carbocycles. The SMILES string of the molecule is CC(C)(C)[B]C(NC(=O)OC(C)(C)C)C(=O)N1C[C@]2(CC1C(=O)NC(CC1CCC1)C(=O)C(N)=O)C(C)(C)C21CCC1. The molecule has 4 fully saturated rings. The zero-order chi connectivity index (χ0) is 31.5. The summed E-state index contributed by atoms with van der Waals surface area (Å²) in [6.07, 6.45) is 6.25. The Morgan fingerprint density at radius 2 is 1.60 bits per heavy atom. The molecule has 0 aromatic carbocycles. The Kier molecular flexibility index (Phi) is 8.35. The molecule has 3 saturated carbocycles. The van der Waals surface area contributed by atoms with Crippen molar-refractivity contribution in [1.82, 2.24) is 15.5 Å². The topological polar surface area (TPSA) is 148 Å². The number of hydrogen-bond donors (Lipinski definition) is 3. The second kappa shape index (κ2) is 10.8. The van der Waals surface area contributed by atoms with E-state index in [4.69, 9.17) is 10.5 Å². The highest BCUT2D eigenvalue weighted by atomic mass is 16.6. The number of hydrogen-bond acceptors (Lipinski definition) is 6. The quantitative estimate of drug-likeness (QED) is 0.280. The van der Waals surface area contributed by atoms with Crippen molar-refractivity contribution in [2.45, 2.75) is 136 Å². The largest absolute Gasteiger partial charge is 0.444 e. The number of Topliss-reactive ketones (excluding diaryl/α,β-unsaturated/α-hetero) is 1. The van der Waals surface area contributed by atoms with Crippen LogP contribution in [0.15, 0.2) is 0 Å². The molecule has 4 aliphatic rings. The summed E-state index contributed by atoms with van der Waals surface area (Å²) < 4.78 is 5.47. The van der Waals surface area contributed by atoms with E-state index in [2.05, 4.69) is 24.5 Å². The summed E-state index contributed by atoms with van der Waals surface area (Å²) in [7, 11) is 1.77. The second-order valence-corrected chi connectivity index (χ2v) is 15.8. The first-order valence-corrected chi connectivity index (χ1v) is 15.5. The first-order valence-electron chi connectivity index (χ1n) is 15.5. The van der Waals surface area contributed by atoms with Gasteiger partial charge in [0.05, 0.1) is 12.0 Å². The fourth-order valence-corrected chi connectivity index (χ4v) is 8.08. The van der Waals surface area contributed by atoms with Crippen LogP contribution in [-0.2, 0) is 23.9 Å². The van der Waals surface area contributed by atoms with E-state index in [1.807, 2.05) is 20.8 Å². The van der Waals surface area contributed by atoms with Crippen molar-refractivity contribution in [2.24, 2.45) is 27.9 Å². The Bertz CT molecular complexity index is 1130. The predicted molar refractivity (Wildman–Crippen MR) is 159 cm³/mol. The predicted octanol–water partition coefficient (Wildman–Crippen LogP) is 3.29. The van der Waals surface area contributed by atoms with Crippen LogP contribution < -0.4 is 16.4 Å². The van der Waals surface area contributed by atoms with E-state index in [-0.39, 0.29) is 28.1 Å². The van der Waals surface area contributed by atoms with Crippen LogP contribution in [0.25, 0.3) is 0 Å². The minimum Gasteiger partial charge on any atom is -0.444 e. The number of nitrogens with zero attached hydrogens (tertiary/aromatic N) is 1. The van der Waals surface area contributed by atoms with Gasteiger partial charge in [-0.3, -0.25) is 19.2 Å². The van der Waals surface area contributed by atoms with Gasteiger partial charge in [0.15, 0.2) is 7.28 Å². The lowest BCUT2D eigenvalue weighted by Crippen LogP contribution is -2.58. The highest BCUT2D eigenvalue weighted by Gasteiger charge is 2.85. The van der Waals surface area contributed by atoms with E-state index >= 15 is 0 Å². The standard InChI is InChI=1S/C31H50BN4O6/c1-27(2,3)32-22(35-26(41)42-28(4,5)6)25(40)36-17-31(29(7,8)30(31)13-10-14-30)16-20(36)24(39)34-19(21(37)23(33)38)15-18-11-9-12-18/h18-20,22H,9-17H2,1-8H3,(H2,33,38)(H,34,39)(H,35,41)/t19?,20?,22?,31-/m1/s1. The molecule has 0 aromatic heterocycles. The van der Waals surface area contributed by atoms with Gasteiger partial charge in [0, 0.05) is 12.0 Å². The summed E-state index contributed by atoms with van der Waals surface area (Å²) in [5.74, 6) is -3.51. The number of nitrogens with one attached hydrogen (secondary N) is 2. The third kappa shape index (κ3) is 5.81. The average Bonchev–Trinajstić information content (AvgIpc) is 3.02. The van der Waals surface area contributed by atoms with Gasteiger partial charge in [0.1, 0.15) is 11.6 Å². The number of ether oxygens (including phenoxy) is 1. The van der Waals surface area contributed by atoms with E-state index in [0.717, 1.165) is 38.5 Å². The zero-order valence-corrected chi connectivity index (χ0v) is 26.7. The number of rotatable bonds is 9. The molecule has 1 aliphatic heterocycles. The van der Waals surface area contributed by atoms with Gasteiger partial charge in [-0.05, 0) is 63.2 Å². The summed E-state index contributed by atoms with van der Waals surface area (Å²) in [5, 5.41) is 5.15. The molecule has 1 heterocycles. The van der Waals surface area contributed by atoms with Crippen molar-refractivity contribution >= 4 is 36.9 Å². The normalized spacial score (nSPS) is 27.3. The van der Waals surface area contributed by atoms with Crippen LogP contribution in [-0.4, -0.2) is 71.9 Å². The molecule has 10 nitrogen and oxygen atoms in total. The van der Waals surface area contributed by atoms with Gasteiger partial charge < -0.3 is 26.0 Å². The Morgan fingerprint density at radius 1 is 0.976 bits per heavy atom. The lowest BCUT2D eigenvalue weighted by atomic mass is 9.50. The van der Waals surface area contributed by atoms with Crippen LogP contribution >= 0.6 is 0 Å². The summed E-state index contributed by atoms with van der Waals surface area (Å²) in [4.78, 5) is 67.4. The van der Waals surface area contributed by atoms with Crippen LogP contribution in [0.4, 0.5) is 4.79 Å². The molecule has 11 heteroatoms. The van der Waals surface area contributed by atoms with Crippen LogP contribution in [0.1, 0.15) is 107 Å². The minimum absolute atomic E-state index is 0.0593. The molecule has 1 radical (unpaired) electrons. The molecular formula is C31H50BN4O6. The molecule has 4 rings (SSSR count). The maximum absolute atomic E-state index is 14.3. The van der Waals surface area contributed by atoms with Crippen molar-refractivity contribution in [3.05, 3.63) is 0 Å². The van der Waals surface area contributed by atoms with Crippen molar-refractivity contribution in [2.75, 3.05) is 6.54 Å². The van der Waals surface area contributed by atoms with Crippen molar-refractivity contribution in [3.63, 3.8) is 0 Å². The summed E-state index contributed by atoms with van der Waals surface area (Å²) in [6, 6.07) is -1.87. The summed E-state index contributed by atoms with van der Waals surface area (Å²) >= 11 is 0. The van der Waals surface area contributed by atoms with Gasteiger partial charge in [0.2, 0.25) is 17.6 Å². The van der Waals surface area contributed by atoms with Crippen LogP contribution in [0.5, 0.6) is 0 Å². The number of amides is 4. The van der Waals surface area contributed by atoms with Crippen LogP contribution in [0.2, 0.25) is 5.31 Å². The molecule has 4 atom stereocenters. The van der Waals surface area contributed by atoms with Crippen LogP contribution in [0.3, 0.4) is 0 Å². The average molecular weight is 586 g/mol. The fraction of sp³-hybridized carbons (Fsp3) is 0.839. The first kappa shape index (κ1) is 32.3. The molecule has 2 spiro atoms. The number of fused-ring (bicyclic) bond motifs is 1. The number of ketones is 1. The van der Waals surface area contributed by atoms with Crippen LogP contribution in [0, 0.1) is 22.2 Å². The minimum atomic E-state index is -1.08. The summed E-state index contributed by atoms with van der Waals surface area (Å²) in [5.41, 5.74) is 4.35. The number of alkyl carbamates (subject to hydrolysis) is 1. The van der Waals surface area contributed by atoms with E-state index < -0.39 is 52.6 Å². The molecule has 3 unspecified atom stereocenters. The van der Waals surface area contributed by atoms with Gasteiger partial charge in [-0.1, -0.05) is 65.6 Å². The fourth-order valence-electron chi connectivity index (χ4n) is 8.08. The summed E-state index contributed by atoms with van der Waals surface area (Å²) in [6.45, 7) is 15.9. The van der Waals surface area contributed by atoms with E-state index in [1.54, 1.807) is 33.0 Å². The Morgan fingerprint density at radius 3 is 2.02 bits per heavy atom. The van der Waals surface area contributed by atoms with E-state index in [1.165, 1.54) is 0 Å². The molecule has 4 amide bonds. The lowest BCUT2D eigenvalue weighted by molar-refractivity contribution is -0.141. The molecule has 0 aromatic rings. The monoisotopic (exact) mass is 585 g/mol. The molecule has 1 saturated heterocycles. The van der Waals surface area contributed by atoms with E-state index in [0.29, 0.717) is 19.4 Å². The molecule has 4 N–H and O–H groups in total. The number of nitrogens with two attached hydrogens (primary N) is 1. The third-order valence-corrected chi connectivity index (χ3v) is 10.7. The number of carbonyl (C=O) groups is 5. The Balaban J connectivity index is 1.63. The van der Waals surface area contributed by atoms with Crippen molar-refractivity contribution in [3.8, 4) is 0 Å².